The third-order valence-electron chi connectivity index (χ3n) is 3.34. The Hall–Kier alpha value is -3.42. The molecule has 2 rings (SSSR count). The molecule has 138 valence electrons. The molecule has 0 radical (unpaired) electrons. The number of carbonyl (C=O) groups is 2. The predicted molar refractivity (Wildman–Crippen MR) is 95.2 cm³/mol. The summed E-state index contributed by atoms with van der Waals surface area (Å²) >= 11 is 0. The van der Waals surface area contributed by atoms with Gasteiger partial charge in [-0.15, -0.1) is 0 Å². The number of hydrogen-bond donors (Lipinski definition) is 2. The maximum atomic E-state index is 12.0. The summed E-state index contributed by atoms with van der Waals surface area (Å²) in [5.74, 6) is 1.27. The number of para-hydroxylation sites is 2. The molecule has 0 spiro atoms. The van der Waals surface area contributed by atoms with Crippen molar-refractivity contribution >= 4 is 17.6 Å². The second-order valence-electron chi connectivity index (χ2n) is 5.01. The van der Waals surface area contributed by atoms with E-state index >= 15 is 0 Å². The van der Waals surface area contributed by atoms with Crippen LogP contribution < -0.4 is 29.6 Å². The van der Waals surface area contributed by atoms with Gasteiger partial charge >= 0.3 is 6.03 Å². The van der Waals surface area contributed by atoms with E-state index in [-0.39, 0.29) is 6.61 Å². The van der Waals surface area contributed by atoms with E-state index in [1.54, 1.807) is 42.5 Å². The summed E-state index contributed by atoms with van der Waals surface area (Å²) in [6, 6.07) is 11.1. The molecule has 0 atom stereocenters. The fraction of sp³-hybridized carbons (Fsp3) is 0.222. The minimum atomic E-state index is -0.706. The topological polar surface area (TPSA) is 95.1 Å². The number of anilines is 1. The van der Waals surface area contributed by atoms with Crippen molar-refractivity contribution in [3.05, 3.63) is 42.5 Å². The van der Waals surface area contributed by atoms with Crippen LogP contribution in [0, 0.1) is 0 Å². The Morgan fingerprint density at radius 1 is 0.885 bits per heavy atom. The van der Waals surface area contributed by atoms with Gasteiger partial charge in [0.1, 0.15) is 11.5 Å². The van der Waals surface area contributed by atoms with Crippen molar-refractivity contribution in [3.8, 4) is 23.0 Å². The Balaban J connectivity index is 1.90. The van der Waals surface area contributed by atoms with Crippen molar-refractivity contribution in [1.82, 2.24) is 5.32 Å². The van der Waals surface area contributed by atoms with Gasteiger partial charge < -0.3 is 24.3 Å². The van der Waals surface area contributed by atoms with Crippen LogP contribution in [0.4, 0.5) is 10.5 Å². The van der Waals surface area contributed by atoms with Crippen molar-refractivity contribution in [2.24, 2.45) is 0 Å². The second-order valence-corrected chi connectivity index (χ2v) is 5.01. The first kappa shape index (κ1) is 18.9. The normalized spacial score (nSPS) is 9.81. The van der Waals surface area contributed by atoms with Gasteiger partial charge in [-0.05, 0) is 24.3 Å². The molecule has 0 aliphatic heterocycles. The fourth-order valence-electron chi connectivity index (χ4n) is 2.10. The lowest BCUT2D eigenvalue weighted by Crippen LogP contribution is -2.37. The molecule has 2 aromatic carbocycles. The molecule has 0 bridgehead atoms. The van der Waals surface area contributed by atoms with Crippen LogP contribution in [0.25, 0.3) is 0 Å². The van der Waals surface area contributed by atoms with Gasteiger partial charge in [0.2, 0.25) is 0 Å². The van der Waals surface area contributed by atoms with Crippen LogP contribution in [-0.4, -0.2) is 39.9 Å². The third kappa shape index (κ3) is 5.04. The molecular weight excluding hydrogens is 340 g/mol. The zero-order valence-corrected chi connectivity index (χ0v) is 14.7. The van der Waals surface area contributed by atoms with E-state index in [0.29, 0.717) is 28.7 Å². The van der Waals surface area contributed by atoms with Crippen molar-refractivity contribution in [2.45, 2.75) is 0 Å². The summed E-state index contributed by atoms with van der Waals surface area (Å²) in [6.07, 6.45) is 0. The van der Waals surface area contributed by atoms with Crippen molar-refractivity contribution in [1.29, 1.82) is 0 Å². The van der Waals surface area contributed by atoms with Crippen LogP contribution in [0.2, 0.25) is 0 Å². The highest BCUT2D eigenvalue weighted by Gasteiger charge is 2.13. The maximum Gasteiger partial charge on any atom is 0.326 e. The van der Waals surface area contributed by atoms with Gasteiger partial charge in [-0.2, -0.15) is 0 Å². The molecule has 8 nitrogen and oxygen atoms in total. The second kappa shape index (κ2) is 9.16. The highest BCUT2D eigenvalue weighted by molar-refractivity contribution is 6.02. The van der Waals surface area contributed by atoms with Gasteiger partial charge in [0, 0.05) is 6.07 Å². The number of imide groups is 1. The number of carbonyl (C=O) groups excluding carboxylic acids is 2. The molecular formula is C18H20N2O6. The summed E-state index contributed by atoms with van der Waals surface area (Å²) in [5.41, 5.74) is 0.393. The molecule has 0 aliphatic rings. The first-order chi connectivity index (χ1) is 12.6. The monoisotopic (exact) mass is 360 g/mol. The first-order valence-electron chi connectivity index (χ1n) is 7.66. The minimum Gasteiger partial charge on any atom is -0.497 e. The fourth-order valence-corrected chi connectivity index (χ4v) is 2.10. The molecule has 0 saturated carbocycles. The van der Waals surface area contributed by atoms with E-state index in [1.807, 2.05) is 0 Å². The average Bonchev–Trinajstić information content (AvgIpc) is 2.66. The standard InChI is InChI=1S/C18H20N2O6/c1-23-12-8-9-13(16(10-12)25-3)19-18(22)20-17(21)11-26-15-7-5-4-6-14(15)24-2/h4-10H,11H2,1-3H3,(H2,19,20,21,22). The van der Waals surface area contributed by atoms with Crippen molar-refractivity contribution in [2.75, 3.05) is 33.3 Å². The summed E-state index contributed by atoms with van der Waals surface area (Å²) in [4.78, 5) is 23.9. The number of benzene rings is 2. The molecule has 0 aliphatic carbocycles. The Bertz CT molecular complexity index is 778. The van der Waals surface area contributed by atoms with Crippen molar-refractivity contribution < 1.29 is 28.5 Å². The minimum absolute atomic E-state index is 0.340. The van der Waals surface area contributed by atoms with Crippen LogP contribution in [-0.2, 0) is 4.79 Å². The Morgan fingerprint density at radius 2 is 1.58 bits per heavy atom. The molecule has 0 fully saturated rings. The Morgan fingerprint density at radius 3 is 2.23 bits per heavy atom. The van der Waals surface area contributed by atoms with Crippen LogP contribution in [0.1, 0.15) is 0 Å². The first-order valence-corrected chi connectivity index (χ1v) is 7.66. The predicted octanol–water partition coefficient (Wildman–Crippen LogP) is 2.44. The lowest BCUT2D eigenvalue weighted by atomic mass is 10.2. The number of methoxy groups -OCH3 is 3. The highest BCUT2D eigenvalue weighted by Crippen LogP contribution is 2.29. The molecule has 2 aromatic rings. The third-order valence-corrected chi connectivity index (χ3v) is 3.34. The van der Waals surface area contributed by atoms with Crippen LogP contribution in [0.3, 0.4) is 0 Å². The van der Waals surface area contributed by atoms with Crippen LogP contribution in [0.15, 0.2) is 42.5 Å². The zero-order chi connectivity index (χ0) is 18.9. The number of urea groups is 1. The number of hydrogen-bond acceptors (Lipinski definition) is 6. The van der Waals surface area contributed by atoms with Crippen molar-refractivity contribution in [3.63, 3.8) is 0 Å². The van der Waals surface area contributed by atoms with E-state index in [1.165, 1.54) is 21.3 Å². The number of rotatable bonds is 7. The number of amides is 3. The van der Waals surface area contributed by atoms with E-state index in [4.69, 9.17) is 18.9 Å². The summed E-state index contributed by atoms with van der Waals surface area (Å²) in [5, 5.41) is 4.71. The molecule has 26 heavy (non-hydrogen) atoms. The zero-order valence-electron chi connectivity index (χ0n) is 14.7. The number of ether oxygens (including phenoxy) is 4. The Labute approximate surface area is 151 Å². The van der Waals surface area contributed by atoms with Gasteiger partial charge in [-0.3, -0.25) is 10.1 Å². The quantitative estimate of drug-likeness (QED) is 0.787. The summed E-state index contributed by atoms with van der Waals surface area (Å²) < 4.78 is 20.7. The van der Waals surface area contributed by atoms with Gasteiger partial charge in [0.15, 0.2) is 18.1 Å². The van der Waals surface area contributed by atoms with Gasteiger partial charge in [-0.1, -0.05) is 12.1 Å². The molecule has 0 unspecified atom stereocenters. The molecule has 0 saturated heterocycles. The molecule has 2 N–H and O–H groups in total. The van der Waals surface area contributed by atoms with E-state index < -0.39 is 11.9 Å². The van der Waals surface area contributed by atoms with Crippen LogP contribution in [0.5, 0.6) is 23.0 Å². The van der Waals surface area contributed by atoms with E-state index in [0.717, 1.165) is 0 Å². The summed E-state index contributed by atoms with van der Waals surface area (Å²) in [7, 11) is 4.48. The molecule has 3 amide bonds. The summed E-state index contributed by atoms with van der Waals surface area (Å²) in [6.45, 7) is -0.340. The lowest BCUT2D eigenvalue weighted by Gasteiger charge is -2.12. The smallest absolute Gasteiger partial charge is 0.326 e. The molecule has 0 aromatic heterocycles. The molecule has 0 heterocycles. The van der Waals surface area contributed by atoms with Gasteiger partial charge in [-0.25, -0.2) is 4.79 Å². The van der Waals surface area contributed by atoms with E-state index in [2.05, 4.69) is 10.6 Å². The largest absolute Gasteiger partial charge is 0.497 e. The highest BCUT2D eigenvalue weighted by atomic mass is 16.5. The molecule has 8 heteroatoms. The number of nitrogens with one attached hydrogen (secondary N) is 2. The average molecular weight is 360 g/mol. The van der Waals surface area contributed by atoms with Gasteiger partial charge in [0.05, 0.1) is 27.0 Å². The lowest BCUT2D eigenvalue weighted by molar-refractivity contribution is -0.121. The van der Waals surface area contributed by atoms with Crippen LogP contribution >= 0.6 is 0 Å². The van der Waals surface area contributed by atoms with E-state index in [9.17, 15) is 9.59 Å². The maximum absolute atomic E-state index is 12.0. The van der Waals surface area contributed by atoms with Gasteiger partial charge in [0.25, 0.3) is 5.91 Å². The SMILES string of the molecule is COc1ccc(NC(=O)NC(=O)COc2ccccc2OC)c(OC)c1. The Kier molecular flexibility index (Phi) is 6.67.